The largest absolute Gasteiger partial charge is 0.340 e. The van der Waals surface area contributed by atoms with E-state index in [9.17, 15) is 14.0 Å². The summed E-state index contributed by atoms with van der Waals surface area (Å²) in [5.74, 6) is -1.21. The molecule has 0 radical (unpaired) electrons. The highest BCUT2D eigenvalue weighted by Crippen LogP contribution is 2.12. The summed E-state index contributed by atoms with van der Waals surface area (Å²) in [6.07, 6.45) is 1.28. The number of hydrogen-bond donors (Lipinski definition) is 1. The molecule has 1 aliphatic rings. The van der Waals surface area contributed by atoms with Gasteiger partial charge in [0.2, 0.25) is 5.91 Å². The molecule has 1 N–H and O–H groups in total. The highest BCUT2D eigenvalue weighted by molar-refractivity contribution is 5.97. The van der Waals surface area contributed by atoms with Crippen LogP contribution in [0.4, 0.5) is 4.39 Å². The van der Waals surface area contributed by atoms with Gasteiger partial charge < -0.3 is 10.2 Å². The molecule has 3 rings (SSSR count). The van der Waals surface area contributed by atoms with Crippen molar-refractivity contribution >= 4 is 11.8 Å². The normalized spacial score (nSPS) is 15.7. The number of halogens is 1. The lowest BCUT2D eigenvalue weighted by Gasteiger charge is -2.36. The summed E-state index contributed by atoms with van der Waals surface area (Å²) < 4.78 is 13.9. The number of nitrogens with one attached hydrogen (secondary N) is 1. The first-order chi connectivity index (χ1) is 14.1. The summed E-state index contributed by atoms with van der Waals surface area (Å²) in [5, 5.41) is 2.74. The van der Waals surface area contributed by atoms with Crippen LogP contribution in [0.15, 0.2) is 54.6 Å². The number of amides is 2. The van der Waals surface area contributed by atoms with Crippen LogP contribution >= 0.6 is 0 Å². The highest BCUT2D eigenvalue weighted by Gasteiger charge is 2.28. The van der Waals surface area contributed by atoms with Crippen molar-refractivity contribution in [2.45, 2.75) is 32.4 Å². The fourth-order valence-corrected chi connectivity index (χ4v) is 3.62. The fraction of sp³-hybridized carbons (Fsp3) is 0.391. The van der Waals surface area contributed by atoms with E-state index in [0.717, 1.165) is 26.1 Å². The fourth-order valence-electron chi connectivity index (χ4n) is 3.62. The first kappa shape index (κ1) is 21.0. The van der Waals surface area contributed by atoms with E-state index >= 15 is 0 Å². The van der Waals surface area contributed by atoms with E-state index in [1.54, 1.807) is 6.07 Å². The number of carbonyl (C=O) groups is 2. The standard InChI is InChI=1S/C23H28FN3O2/c1-2-8-21(25-22(28)19-11-6-7-12-20(19)24)23(29)27-15-13-26(14-16-27)17-18-9-4-3-5-10-18/h3-7,9-12,21H,2,8,13-17H2,1H3,(H,25,28). The van der Waals surface area contributed by atoms with Crippen LogP contribution in [0.25, 0.3) is 0 Å². The minimum Gasteiger partial charge on any atom is -0.340 e. The minimum absolute atomic E-state index is 0.0333. The first-order valence-electron chi connectivity index (χ1n) is 10.2. The van der Waals surface area contributed by atoms with E-state index in [1.807, 2.05) is 30.0 Å². The van der Waals surface area contributed by atoms with Crippen molar-refractivity contribution in [3.05, 3.63) is 71.5 Å². The second-order valence-corrected chi connectivity index (χ2v) is 7.38. The molecule has 29 heavy (non-hydrogen) atoms. The number of piperazine rings is 1. The van der Waals surface area contributed by atoms with Gasteiger partial charge >= 0.3 is 0 Å². The van der Waals surface area contributed by atoms with Gasteiger partial charge in [-0.15, -0.1) is 0 Å². The topological polar surface area (TPSA) is 52.7 Å². The molecule has 1 fully saturated rings. The Hall–Kier alpha value is -2.73. The molecule has 2 amide bonds. The molecule has 0 saturated carbocycles. The predicted octanol–water partition coefficient (Wildman–Crippen LogP) is 3.07. The van der Waals surface area contributed by atoms with Crippen molar-refractivity contribution in [1.82, 2.24) is 15.1 Å². The molecule has 0 aliphatic carbocycles. The maximum atomic E-state index is 13.9. The maximum absolute atomic E-state index is 13.9. The van der Waals surface area contributed by atoms with Gasteiger partial charge in [0, 0.05) is 32.7 Å². The van der Waals surface area contributed by atoms with Crippen molar-refractivity contribution in [2.75, 3.05) is 26.2 Å². The van der Waals surface area contributed by atoms with E-state index in [0.29, 0.717) is 19.5 Å². The average molecular weight is 397 g/mol. The Balaban J connectivity index is 1.57. The van der Waals surface area contributed by atoms with Crippen LogP contribution in [0, 0.1) is 5.82 Å². The molecule has 1 aliphatic heterocycles. The number of benzene rings is 2. The molecule has 154 valence electrons. The minimum atomic E-state index is -0.632. The molecule has 1 atom stereocenters. The van der Waals surface area contributed by atoms with Gasteiger partial charge in [-0.1, -0.05) is 55.8 Å². The Morgan fingerprint density at radius 3 is 2.31 bits per heavy atom. The second kappa shape index (κ2) is 10.2. The van der Waals surface area contributed by atoms with Crippen LogP contribution < -0.4 is 5.32 Å². The van der Waals surface area contributed by atoms with Crippen molar-refractivity contribution < 1.29 is 14.0 Å². The van der Waals surface area contributed by atoms with Gasteiger partial charge in [0.25, 0.3) is 5.91 Å². The molecular weight excluding hydrogens is 369 g/mol. The molecule has 0 spiro atoms. The molecular formula is C23H28FN3O2. The van der Waals surface area contributed by atoms with Crippen molar-refractivity contribution in [1.29, 1.82) is 0 Å². The van der Waals surface area contributed by atoms with Gasteiger partial charge in [-0.05, 0) is 24.1 Å². The molecule has 2 aromatic rings. The van der Waals surface area contributed by atoms with E-state index in [-0.39, 0.29) is 11.5 Å². The second-order valence-electron chi connectivity index (χ2n) is 7.38. The third-order valence-electron chi connectivity index (χ3n) is 5.23. The van der Waals surface area contributed by atoms with Crippen LogP contribution in [0.3, 0.4) is 0 Å². The first-order valence-corrected chi connectivity index (χ1v) is 10.2. The molecule has 0 bridgehead atoms. The lowest BCUT2D eigenvalue weighted by atomic mass is 10.1. The van der Waals surface area contributed by atoms with Gasteiger partial charge in [0.15, 0.2) is 0 Å². The van der Waals surface area contributed by atoms with Gasteiger partial charge in [0.05, 0.1) is 5.56 Å². The van der Waals surface area contributed by atoms with Gasteiger partial charge in [-0.3, -0.25) is 14.5 Å². The summed E-state index contributed by atoms with van der Waals surface area (Å²) in [6, 6.07) is 15.5. The number of nitrogens with zero attached hydrogens (tertiary/aromatic N) is 2. The number of hydrogen-bond acceptors (Lipinski definition) is 3. The number of rotatable bonds is 7. The van der Waals surface area contributed by atoms with Crippen LogP contribution in [0.5, 0.6) is 0 Å². The van der Waals surface area contributed by atoms with Crippen LogP contribution in [-0.4, -0.2) is 53.8 Å². The third kappa shape index (κ3) is 5.64. The highest BCUT2D eigenvalue weighted by atomic mass is 19.1. The monoisotopic (exact) mass is 397 g/mol. The van der Waals surface area contributed by atoms with Crippen LogP contribution in [0.2, 0.25) is 0 Å². The van der Waals surface area contributed by atoms with E-state index in [2.05, 4.69) is 22.3 Å². The zero-order valence-corrected chi connectivity index (χ0v) is 16.8. The summed E-state index contributed by atoms with van der Waals surface area (Å²) in [4.78, 5) is 29.6. The van der Waals surface area contributed by atoms with Crippen LogP contribution in [0.1, 0.15) is 35.7 Å². The van der Waals surface area contributed by atoms with Gasteiger partial charge in [-0.2, -0.15) is 0 Å². The molecule has 2 aromatic carbocycles. The molecule has 0 aromatic heterocycles. The molecule has 6 heteroatoms. The predicted molar refractivity (Wildman–Crippen MR) is 111 cm³/mol. The lowest BCUT2D eigenvalue weighted by molar-refractivity contribution is -0.135. The zero-order valence-electron chi connectivity index (χ0n) is 16.8. The molecule has 5 nitrogen and oxygen atoms in total. The Kier molecular flexibility index (Phi) is 7.36. The Labute approximate surface area is 171 Å². The third-order valence-corrected chi connectivity index (χ3v) is 5.23. The molecule has 1 heterocycles. The van der Waals surface area contributed by atoms with Crippen LogP contribution in [-0.2, 0) is 11.3 Å². The van der Waals surface area contributed by atoms with Gasteiger partial charge in [-0.25, -0.2) is 4.39 Å². The van der Waals surface area contributed by atoms with Crippen molar-refractivity contribution in [2.24, 2.45) is 0 Å². The summed E-state index contributed by atoms with van der Waals surface area (Å²) in [6.45, 7) is 5.67. The van der Waals surface area contributed by atoms with E-state index < -0.39 is 17.8 Å². The Morgan fingerprint density at radius 1 is 1.00 bits per heavy atom. The average Bonchev–Trinajstić information content (AvgIpc) is 2.74. The maximum Gasteiger partial charge on any atom is 0.254 e. The summed E-state index contributed by atoms with van der Waals surface area (Å²) in [7, 11) is 0. The Morgan fingerprint density at radius 2 is 1.66 bits per heavy atom. The van der Waals surface area contributed by atoms with E-state index in [4.69, 9.17) is 0 Å². The molecule has 1 unspecified atom stereocenters. The number of carbonyl (C=O) groups excluding carboxylic acids is 2. The Bertz CT molecular complexity index is 820. The zero-order chi connectivity index (χ0) is 20.6. The summed E-state index contributed by atoms with van der Waals surface area (Å²) in [5.41, 5.74) is 1.22. The quantitative estimate of drug-likeness (QED) is 0.781. The van der Waals surface area contributed by atoms with Gasteiger partial charge in [0.1, 0.15) is 11.9 Å². The van der Waals surface area contributed by atoms with Crippen molar-refractivity contribution in [3.63, 3.8) is 0 Å². The summed E-state index contributed by atoms with van der Waals surface area (Å²) >= 11 is 0. The van der Waals surface area contributed by atoms with E-state index in [1.165, 1.54) is 23.8 Å². The lowest BCUT2D eigenvalue weighted by Crippen LogP contribution is -2.54. The van der Waals surface area contributed by atoms with Crippen molar-refractivity contribution in [3.8, 4) is 0 Å². The molecule has 1 saturated heterocycles. The SMILES string of the molecule is CCCC(NC(=O)c1ccccc1F)C(=O)N1CCN(Cc2ccccc2)CC1. The smallest absolute Gasteiger partial charge is 0.254 e.